The Bertz CT molecular complexity index is 1090. The maximum atomic E-state index is 13.0. The minimum atomic E-state index is -0.224. The molecule has 4 rings (SSSR count). The first-order valence-corrected chi connectivity index (χ1v) is 10.5. The number of carbonyl (C=O) groups excluding carboxylic acids is 1. The highest BCUT2D eigenvalue weighted by atomic mass is 16.5. The number of ether oxygens (including phenoxy) is 1. The molecule has 0 atom stereocenters. The molecule has 0 saturated carbocycles. The molecule has 1 fully saturated rings. The fourth-order valence-corrected chi connectivity index (χ4v) is 3.74. The summed E-state index contributed by atoms with van der Waals surface area (Å²) in [5, 5.41) is 4.34. The molecule has 2 aromatic carbocycles. The highest BCUT2D eigenvalue weighted by Crippen LogP contribution is 2.28. The van der Waals surface area contributed by atoms with E-state index in [0.717, 1.165) is 17.0 Å². The van der Waals surface area contributed by atoms with Crippen LogP contribution in [0.3, 0.4) is 0 Å². The lowest BCUT2D eigenvalue weighted by Gasteiger charge is -2.36. The number of piperazine rings is 1. The molecule has 1 aromatic heterocycles. The molecule has 31 heavy (non-hydrogen) atoms. The zero-order valence-electron chi connectivity index (χ0n) is 17.6. The Balaban J connectivity index is 1.44. The zero-order chi connectivity index (χ0) is 21.6. The van der Waals surface area contributed by atoms with Crippen LogP contribution in [0.2, 0.25) is 0 Å². The molecule has 1 amide bonds. The number of hydrogen-bond acceptors (Lipinski definition) is 5. The Hall–Kier alpha value is -3.61. The van der Waals surface area contributed by atoms with E-state index in [-0.39, 0.29) is 11.5 Å². The first-order valence-electron chi connectivity index (χ1n) is 10.5. The number of para-hydroxylation sites is 2. The molecule has 1 saturated heterocycles. The van der Waals surface area contributed by atoms with E-state index in [1.165, 1.54) is 16.8 Å². The van der Waals surface area contributed by atoms with Gasteiger partial charge >= 0.3 is 0 Å². The van der Waals surface area contributed by atoms with Gasteiger partial charge in [0.1, 0.15) is 11.4 Å². The Morgan fingerprint density at radius 3 is 2.39 bits per heavy atom. The van der Waals surface area contributed by atoms with Crippen molar-refractivity contribution in [2.45, 2.75) is 13.5 Å². The van der Waals surface area contributed by atoms with Gasteiger partial charge < -0.3 is 14.5 Å². The third-order valence-corrected chi connectivity index (χ3v) is 5.33. The summed E-state index contributed by atoms with van der Waals surface area (Å²) in [7, 11) is 0. The van der Waals surface area contributed by atoms with E-state index in [4.69, 9.17) is 4.74 Å². The van der Waals surface area contributed by atoms with Crippen molar-refractivity contribution in [3.63, 3.8) is 0 Å². The first kappa shape index (κ1) is 20.7. The summed E-state index contributed by atoms with van der Waals surface area (Å²) in [6.45, 7) is 5.50. The number of hydrogen-bond donors (Lipinski definition) is 0. The summed E-state index contributed by atoms with van der Waals surface area (Å²) in [5.41, 5.74) is 2.07. The topological polar surface area (TPSA) is 67.7 Å². The molecule has 1 aliphatic heterocycles. The normalized spacial score (nSPS) is 13.8. The molecule has 1 aliphatic rings. The second kappa shape index (κ2) is 9.47. The lowest BCUT2D eigenvalue weighted by Crippen LogP contribution is -2.49. The van der Waals surface area contributed by atoms with Crippen LogP contribution in [0, 0.1) is 0 Å². The average molecular weight is 418 g/mol. The summed E-state index contributed by atoms with van der Waals surface area (Å²) >= 11 is 0. The number of aromatic nitrogens is 2. The van der Waals surface area contributed by atoms with E-state index >= 15 is 0 Å². The minimum absolute atomic E-state index is 0.153. The van der Waals surface area contributed by atoms with Crippen molar-refractivity contribution in [1.82, 2.24) is 14.7 Å². The molecule has 0 radical (unpaired) electrons. The largest absolute Gasteiger partial charge is 0.492 e. The number of amides is 1. The van der Waals surface area contributed by atoms with Crippen LogP contribution < -0.4 is 15.2 Å². The highest BCUT2D eigenvalue weighted by Gasteiger charge is 2.25. The number of benzene rings is 2. The molecule has 3 aromatic rings. The minimum Gasteiger partial charge on any atom is -0.492 e. The Labute approximate surface area is 181 Å². The van der Waals surface area contributed by atoms with Gasteiger partial charge in [-0.1, -0.05) is 42.5 Å². The molecular formula is C24H26N4O3. The number of rotatable bonds is 6. The summed E-state index contributed by atoms with van der Waals surface area (Å²) < 4.78 is 7.09. The third kappa shape index (κ3) is 4.77. The van der Waals surface area contributed by atoms with Crippen LogP contribution >= 0.6 is 0 Å². The maximum absolute atomic E-state index is 13.0. The molecule has 0 N–H and O–H groups in total. The predicted octanol–water partition coefficient (Wildman–Crippen LogP) is 2.65. The lowest BCUT2D eigenvalue weighted by atomic mass is 10.2. The smallest absolute Gasteiger partial charge is 0.274 e. The van der Waals surface area contributed by atoms with Crippen molar-refractivity contribution in [1.29, 1.82) is 0 Å². The second-order valence-corrected chi connectivity index (χ2v) is 7.38. The summed E-state index contributed by atoms with van der Waals surface area (Å²) in [6, 6.07) is 20.5. The van der Waals surface area contributed by atoms with Gasteiger partial charge in [0.2, 0.25) is 0 Å². The van der Waals surface area contributed by atoms with E-state index in [9.17, 15) is 9.59 Å². The van der Waals surface area contributed by atoms with Crippen molar-refractivity contribution >= 4 is 11.6 Å². The van der Waals surface area contributed by atoms with Gasteiger partial charge in [-0.2, -0.15) is 5.10 Å². The van der Waals surface area contributed by atoms with Gasteiger partial charge in [0.25, 0.3) is 11.5 Å². The third-order valence-electron chi connectivity index (χ3n) is 5.33. The van der Waals surface area contributed by atoms with E-state index in [1.807, 2.05) is 61.5 Å². The molecule has 2 heterocycles. The van der Waals surface area contributed by atoms with Gasteiger partial charge in [0, 0.05) is 32.2 Å². The molecule has 0 unspecified atom stereocenters. The fraction of sp³-hybridized carbons (Fsp3) is 0.292. The maximum Gasteiger partial charge on any atom is 0.274 e. The average Bonchev–Trinajstić information content (AvgIpc) is 2.81. The van der Waals surface area contributed by atoms with Gasteiger partial charge in [-0.3, -0.25) is 9.59 Å². The van der Waals surface area contributed by atoms with Crippen LogP contribution in [0.1, 0.15) is 23.0 Å². The van der Waals surface area contributed by atoms with E-state index in [1.54, 1.807) is 4.90 Å². The van der Waals surface area contributed by atoms with Gasteiger partial charge in [0.15, 0.2) is 0 Å². The molecular weight excluding hydrogens is 392 g/mol. The van der Waals surface area contributed by atoms with Gasteiger partial charge in [-0.25, -0.2) is 4.68 Å². The Morgan fingerprint density at radius 2 is 1.65 bits per heavy atom. The molecule has 0 bridgehead atoms. The molecule has 7 heteroatoms. The van der Waals surface area contributed by atoms with Crippen LogP contribution in [0.5, 0.6) is 5.75 Å². The van der Waals surface area contributed by atoms with Gasteiger partial charge in [0.05, 0.1) is 18.8 Å². The monoisotopic (exact) mass is 418 g/mol. The van der Waals surface area contributed by atoms with Crippen molar-refractivity contribution in [2.24, 2.45) is 0 Å². The predicted molar refractivity (Wildman–Crippen MR) is 120 cm³/mol. The van der Waals surface area contributed by atoms with Gasteiger partial charge in [-0.05, 0) is 30.7 Å². The Kier molecular flexibility index (Phi) is 6.31. The lowest BCUT2D eigenvalue weighted by molar-refractivity contribution is 0.0738. The molecule has 0 aliphatic carbocycles. The number of nitrogens with zero attached hydrogens (tertiary/aromatic N) is 4. The number of anilines is 1. The molecule has 160 valence electrons. The van der Waals surface area contributed by atoms with Crippen molar-refractivity contribution in [2.75, 3.05) is 37.7 Å². The molecule has 7 nitrogen and oxygen atoms in total. The number of carbonyl (C=O) groups is 1. The second-order valence-electron chi connectivity index (χ2n) is 7.38. The van der Waals surface area contributed by atoms with E-state index < -0.39 is 0 Å². The summed E-state index contributed by atoms with van der Waals surface area (Å²) in [5.74, 6) is 0.707. The standard InChI is InChI=1S/C24H26N4O3/c1-2-31-22-11-7-6-10-21(22)26-14-16-27(17-15-26)24(30)20-12-13-23(29)28(25-20)18-19-8-4-3-5-9-19/h3-13H,2,14-18H2,1H3. The van der Waals surface area contributed by atoms with Crippen LogP contribution in [0.4, 0.5) is 5.69 Å². The highest BCUT2D eigenvalue weighted by molar-refractivity contribution is 5.92. The van der Waals surface area contributed by atoms with Crippen LogP contribution in [-0.4, -0.2) is 53.4 Å². The Morgan fingerprint density at radius 1 is 0.935 bits per heavy atom. The van der Waals surface area contributed by atoms with Crippen molar-refractivity contribution in [3.05, 3.63) is 88.3 Å². The first-order chi connectivity index (χ1) is 15.2. The quantitative estimate of drug-likeness (QED) is 0.616. The summed E-state index contributed by atoms with van der Waals surface area (Å²) in [4.78, 5) is 29.3. The van der Waals surface area contributed by atoms with Crippen molar-refractivity contribution in [3.8, 4) is 5.75 Å². The van der Waals surface area contributed by atoms with Crippen molar-refractivity contribution < 1.29 is 9.53 Å². The molecule has 0 spiro atoms. The zero-order valence-corrected chi connectivity index (χ0v) is 17.6. The van der Waals surface area contributed by atoms with Crippen LogP contribution in [-0.2, 0) is 6.54 Å². The summed E-state index contributed by atoms with van der Waals surface area (Å²) in [6.07, 6.45) is 0. The van der Waals surface area contributed by atoms with Gasteiger partial charge in [-0.15, -0.1) is 0 Å². The van der Waals surface area contributed by atoms with Crippen LogP contribution in [0.25, 0.3) is 0 Å². The van der Waals surface area contributed by atoms with E-state index in [0.29, 0.717) is 45.0 Å². The van der Waals surface area contributed by atoms with Crippen LogP contribution in [0.15, 0.2) is 71.5 Å². The fourth-order valence-electron chi connectivity index (χ4n) is 3.74. The van der Waals surface area contributed by atoms with E-state index in [2.05, 4.69) is 10.00 Å². The SMILES string of the molecule is CCOc1ccccc1N1CCN(C(=O)c2ccc(=O)n(Cc3ccccc3)n2)CC1.